The number of halogens is 2. The largest absolute Gasteiger partial charge is 0.269 e. The summed E-state index contributed by atoms with van der Waals surface area (Å²) in [7, 11) is -3.66. The molecule has 0 N–H and O–H groups in total. The number of nitrogens with zero attached hydrogens (tertiary/aromatic N) is 1. The van der Waals surface area contributed by atoms with Gasteiger partial charge in [0.2, 0.25) is 0 Å². The molecule has 2 rings (SSSR count). The molecule has 0 aromatic heterocycles. The maximum Gasteiger partial charge on any atom is 0.269 e. The van der Waals surface area contributed by atoms with Crippen molar-refractivity contribution in [1.82, 2.24) is 0 Å². The van der Waals surface area contributed by atoms with Crippen molar-refractivity contribution < 1.29 is 13.3 Å². The Hall–Kier alpha value is -1.63. The summed E-state index contributed by atoms with van der Waals surface area (Å²) in [6, 6.07) is 11.3. The first-order valence-electron chi connectivity index (χ1n) is 6.16. The molecule has 22 heavy (non-hydrogen) atoms. The Bertz CT molecular complexity index is 791. The van der Waals surface area contributed by atoms with Crippen LogP contribution in [-0.4, -0.2) is 19.1 Å². The van der Waals surface area contributed by atoms with Gasteiger partial charge in [-0.1, -0.05) is 23.7 Å². The van der Waals surface area contributed by atoms with Crippen molar-refractivity contribution in [2.75, 3.05) is 5.75 Å². The summed E-state index contributed by atoms with van der Waals surface area (Å²) in [5.41, 5.74) is 0.427. The molecule has 0 saturated heterocycles. The SMILES string of the molecule is O=[N+]([O-])c1ccc(S(=O)(=O)CC(Cl)c2cccc(Cl)c2)cc1. The molecule has 8 heteroatoms. The van der Waals surface area contributed by atoms with Crippen LogP contribution in [-0.2, 0) is 9.84 Å². The lowest BCUT2D eigenvalue weighted by atomic mass is 10.2. The molecule has 0 aliphatic heterocycles. The number of hydrogen-bond donors (Lipinski definition) is 0. The van der Waals surface area contributed by atoms with Gasteiger partial charge in [-0.2, -0.15) is 0 Å². The topological polar surface area (TPSA) is 77.3 Å². The van der Waals surface area contributed by atoms with E-state index in [1.54, 1.807) is 24.3 Å². The Morgan fingerprint density at radius 2 is 1.77 bits per heavy atom. The second-order valence-corrected chi connectivity index (χ2v) is 7.55. The van der Waals surface area contributed by atoms with Crippen LogP contribution in [0.15, 0.2) is 53.4 Å². The Kier molecular flexibility index (Phi) is 5.05. The summed E-state index contributed by atoms with van der Waals surface area (Å²) < 4.78 is 24.6. The minimum atomic E-state index is -3.66. The lowest BCUT2D eigenvalue weighted by molar-refractivity contribution is -0.384. The Labute approximate surface area is 137 Å². The van der Waals surface area contributed by atoms with Gasteiger partial charge in [-0.15, -0.1) is 11.6 Å². The molecular weight excluding hydrogens is 349 g/mol. The van der Waals surface area contributed by atoms with Gasteiger partial charge in [-0.25, -0.2) is 8.42 Å². The zero-order valence-corrected chi connectivity index (χ0v) is 13.5. The second kappa shape index (κ2) is 6.64. The average Bonchev–Trinajstić information content (AvgIpc) is 2.47. The molecule has 5 nitrogen and oxygen atoms in total. The maximum atomic E-state index is 12.3. The molecule has 0 saturated carbocycles. The standard InChI is InChI=1S/C14H11Cl2NO4S/c15-11-3-1-2-10(8-11)14(16)9-22(20,21)13-6-4-12(5-7-13)17(18)19/h1-8,14H,9H2. The Morgan fingerprint density at radius 1 is 1.14 bits per heavy atom. The molecule has 0 radical (unpaired) electrons. The van der Waals surface area contributed by atoms with Crippen LogP contribution in [0.4, 0.5) is 5.69 Å². The third kappa shape index (κ3) is 3.97. The highest BCUT2D eigenvalue weighted by molar-refractivity contribution is 7.91. The van der Waals surface area contributed by atoms with Gasteiger partial charge in [-0.3, -0.25) is 10.1 Å². The van der Waals surface area contributed by atoms with Crippen molar-refractivity contribution in [3.63, 3.8) is 0 Å². The van der Waals surface area contributed by atoms with E-state index in [9.17, 15) is 18.5 Å². The van der Waals surface area contributed by atoms with Gasteiger partial charge in [0.1, 0.15) is 0 Å². The highest BCUT2D eigenvalue weighted by Gasteiger charge is 2.22. The van der Waals surface area contributed by atoms with Crippen molar-refractivity contribution in [2.45, 2.75) is 10.3 Å². The minimum absolute atomic E-state index is 0.00854. The molecule has 0 aliphatic rings. The summed E-state index contributed by atoms with van der Waals surface area (Å²) in [6.07, 6.45) is 0. The van der Waals surface area contributed by atoms with E-state index in [4.69, 9.17) is 23.2 Å². The van der Waals surface area contributed by atoms with Gasteiger partial charge in [0.25, 0.3) is 5.69 Å². The molecule has 0 spiro atoms. The maximum absolute atomic E-state index is 12.3. The summed E-state index contributed by atoms with van der Waals surface area (Å²) >= 11 is 12.0. The molecule has 116 valence electrons. The summed E-state index contributed by atoms with van der Waals surface area (Å²) in [6.45, 7) is 0. The highest BCUT2D eigenvalue weighted by Crippen LogP contribution is 2.27. The number of alkyl halides is 1. The van der Waals surface area contributed by atoms with E-state index in [-0.39, 0.29) is 16.3 Å². The van der Waals surface area contributed by atoms with Crippen molar-refractivity contribution in [1.29, 1.82) is 0 Å². The van der Waals surface area contributed by atoms with Gasteiger partial charge in [0.05, 0.1) is 20.9 Å². The number of nitro groups is 1. The van der Waals surface area contributed by atoms with Crippen molar-refractivity contribution in [3.05, 3.63) is 69.2 Å². The molecule has 0 bridgehead atoms. The number of rotatable bonds is 5. The van der Waals surface area contributed by atoms with Crippen molar-refractivity contribution >= 4 is 38.7 Å². The number of sulfone groups is 1. The van der Waals surface area contributed by atoms with Crippen LogP contribution in [0.2, 0.25) is 5.02 Å². The monoisotopic (exact) mass is 359 g/mol. The van der Waals surface area contributed by atoms with E-state index in [0.717, 1.165) is 12.1 Å². The smallest absolute Gasteiger partial charge is 0.258 e. The van der Waals surface area contributed by atoms with Crippen LogP contribution in [0.25, 0.3) is 0 Å². The normalized spacial score (nSPS) is 12.8. The van der Waals surface area contributed by atoms with E-state index in [1.807, 2.05) is 0 Å². The number of nitro benzene ring substituents is 1. The zero-order chi connectivity index (χ0) is 16.3. The van der Waals surface area contributed by atoms with E-state index in [2.05, 4.69) is 0 Å². The third-order valence-corrected chi connectivity index (χ3v) is 5.57. The summed E-state index contributed by atoms with van der Waals surface area (Å²) in [5, 5.41) is 10.3. The fraction of sp³-hybridized carbons (Fsp3) is 0.143. The van der Waals surface area contributed by atoms with Crippen LogP contribution in [0.5, 0.6) is 0 Å². The molecule has 1 atom stereocenters. The number of benzene rings is 2. The number of hydrogen-bond acceptors (Lipinski definition) is 4. The molecular formula is C14H11Cl2NO4S. The first kappa shape index (κ1) is 16.7. The van der Waals surface area contributed by atoms with E-state index < -0.39 is 20.1 Å². The molecule has 0 aliphatic carbocycles. The van der Waals surface area contributed by atoms with E-state index >= 15 is 0 Å². The lowest BCUT2D eigenvalue weighted by Crippen LogP contribution is -2.11. The molecule has 1 unspecified atom stereocenters. The second-order valence-electron chi connectivity index (χ2n) is 4.55. The molecule has 2 aromatic carbocycles. The fourth-order valence-corrected chi connectivity index (χ4v) is 4.01. The van der Waals surface area contributed by atoms with E-state index in [0.29, 0.717) is 10.6 Å². The average molecular weight is 360 g/mol. The predicted molar refractivity (Wildman–Crippen MR) is 85.2 cm³/mol. The first-order chi connectivity index (χ1) is 10.3. The van der Waals surface area contributed by atoms with Crippen LogP contribution in [0, 0.1) is 10.1 Å². The molecule has 2 aromatic rings. The van der Waals surface area contributed by atoms with Crippen LogP contribution < -0.4 is 0 Å². The van der Waals surface area contributed by atoms with Gasteiger partial charge < -0.3 is 0 Å². The fourth-order valence-electron chi connectivity index (χ4n) is 1.86. The predicted octanol–water partition coefficient (Wildman–Crippen LogP) is 4.00. The van der Waals surface area contributed by atoms with Crippen LogP contribution in [0.3, 0.4) is 0 Å². The highest BCUT2D eigenvalue weighted by atomic mass is 35.5. The number of non-ortho nitro benzene ring substituents is 1. The van der Waals surface area contributed by atoms with E-state index in [1.165, 1.54) is 12.1 Å². The summed E-state index contributed by atoms with van der Waals surface area (Å²) in [5.74, 6) is -0.327. The van der Waals surface area contributed by atoms with Gasteiger partial charge in [0.15, 0.2) is 9.84 Å². The third-order valence-electron chi connectivity index (χ3n) is 2.98. The minimum Gasteiger partial charge on any atom is -0.258 e. The first-order valence-corrected chi connectivity index (χ1v) is 8.63. The molecule has 0 heterocycles. The van der Waals surface area contributed by atoms with Gasteiger partial charge in [-0.05, 0) is 29.8 Å². The summed E-state index contributed by atoms with van der Waals surface area (Å²) in [4.78, 5) is 9.98. The van der Waals surface area contributed by atoms with Crippen molar-refractivity contribution in [3.8, 4) is 0 Å². The van der Waals surface area contributed by atoms with Gasteiger partial charge in [0, 0.05) is 17.2 Å². The van der Waals surface area contributed by atoms with Crippen LogP contribution >= 0.6 is 23.2 Å². The zero-order valence-electron chi connectivity index (χ0n) is 11.1. The Balaban J connectivity index is 2.21. The lowest BCUT2D eigenvalue weighted by Gasteiger charge is -2.11. The quantitative estimate of drug-likeness (QED) is 0.459. The Morgan fingerprint density at radius 3 is 2.32 bits per heavy atom. The molecule has 0 fully saturated rings. The van der Waals surface area contributed by atoms with Crippen LogP contribution in [0.1, 0.15) is 10.9 Å². The van der Waals surface area contributed by atoms with Gasteiger partial charge >= 0.3 is 0 Å². The van der Waals surface area contributed by atoms with Crippen molar-refractivity contribution in [2.24, 2.45) is 0 Å². The molecule has 0 amide bonds.